The van der Waals surface area contributed by atoms with Gasteiger partial charge in [-0.1, -0.05) is 13.8 Å². The van der Waals surface area contributed by atoms with E-state index in [2.05, 4.69) is 40.1 Å². The van der Waals surface area contributed by atoms with E-state index in [9.17, 15) is 4.79 Å². The average molecular weight is 328 g/mol. The first-order valence-electron chi connectivity index (χ1n) is 5.56. The summed E-state index contributed by atoms with van der Waals surface area (Å²) in [5, 5.41) is 5.43. The van der Waals surface area contributed by atoms with Crippen LogP contribution in [0.4, 0.5) is 5.13 Å². The number of carbonyl (C=O) groups is 1. The second kappa shape index (κ2) is 5.24. The molecule has 0 saturated heterocycles. The van der Waals surface area contributed by atoms with Crippen molar-refractivity contribution >= 4 is 38.3 Å². The zero-order valence-corrected chi connectivity index (χ0v) is 12.8. The smallest absolute Gasteiger partial charge is 0.274 e. The van der Waals surface area contributed by atoms with Crippen LogP contribution in [0.3, 0.4) is 0 Å². The monoisotopic (exact) mass is 327 g/mol. The van der Waals surface area contributed by atoms with E-state index in [0.717, 1.165) is 10.2 Å². The molecule has 0 atom stereocenters. The van der Waals surface area contributed by atoms with Crippen LogP contribution in [0.2, 0.25) is 0 Å². The third-order valence-corrected chi connectivity index (χ3v) is 3.75. The summed E-state index contributed by atoms with van der Waals surface area (Å²) in [4.78, 5) is 16.4. The van der Waals surface area contributed by atoms with Gasteiger partial charge in [0.2, 0.25) is 0 Å². The van der Waals surface area contributed by atoms with E-state index >= 15 is 0 Å². The van der Waals surface area contributed by atoms with E-state index in [1.165, 1.54) is 11.3 Å². The molecular formula is C12H14BrN3OS. The number of nitrogens with zero attached hydrogens (tertiary/aromatic N) is 2. The number of carbonyl (C=O) groups excluding carboxylic acids is 1. The molecule has 0 unspecified atom stereocenters. The molecule has 0 aliphatic rings. The molecule has 0 aliphatic heterocycles. The van der Waals surface area contributed by atoms with Gasteiger partial charge < -0.3 is 4.57 Å². The molecule has 2 heterocycles. The summed E-state index contributed by atoms with van der Waals surface area (Å²) in [6, 6.07) is 1.78. The first kappa shape index (κ1) is 13.3. The Kier molecular flexibility index (Phi) is 3.87. The third kappa shape index (κ3) is 2.81. The number of aromatic nitrogens is 2. The molecule has 0 saturated carbocycles. The Bertz CT molecular complexity index is 574. The molecule has 4 nitrogen and oxygen atoms in total. The molecule has 0 spiro atoms. The van der Waals surface area contributed by atoms with E-state index in [1.54, 1.807) is 10.6 Å². The summed E-state index contributed by atoms with van der Waals surface area (Å²) < 4.78 is 2.66. The quantitative estimate of drug-likeness (QED) is 0.935. The molecule has 0 bridgehead atoms. The van der Waals surface area contributed by atoms with E-state index in [-0.39, 0.29) is 5.91 Å². The Hall–Kier alpha value is -1.14. The second-order valence-electron chi connectivity index (χ2n) is 4.34. The number of amides is 1. The highest BCUT2D eigenvalue weighted by Gasteiger charge is 2.13. The summed E-state index contributed by atoms with van der Waals surface area (Å²) >= 11 is 4.80. The Morgan fingerprint density at radius 3 is 2.78 bits per heavy atom. The van der Waals surface area contributed by atoms with Crippen LogP contribution >= 0.6 is 27.3 Å². The fourth-order valence-electron chi connectivity index (χ4n) is 1.52. The van der Waals surface area contributed by atoms with Crippen molar-refractivity contribution < 1.29 is 4.79 Å². The maximum atomic E-state index is 12.0. The Labute approximate surface area is 118 Å². The number of hydrogen-bond acceptors (Lipinski definition) is 3. The summed E-state index contributed by atoms with van der Waals surface area (Å²) in [7, 11) is 1.83. The van der Waals surface area contributed by atoms with Crippen LogP contribution in [0.25, 0.3) is 0 Å². The lowest BCUT2D eigenvalue weighted by Gasteiger charge is -2.02. The lowest BCUT2D eigenvalue weighted by molar-refractivity contribution is 0.101. The summed E-state index contributed by atoms with van der Waals surface area (Å²) in [6.07, 6.45) is 1.84. The van der Waals surface area contributed by atoms with Gasteiger partial charge in [0.05, 0.1) is 5.69 Å². The topological polar surface area (TPSA) is 46.9 Å². The van der Waals surface area contributed by atoms with Gasteiger partial charge in [0.1, 0.15) is 5.69 Å². The first-order chi connectivity index (χ1) is 8.47. The van der Waals surface area contributed by atoms with Crippen molar-refractivity contribution in [3.8, 4) is 0 Å². The molecule has 18 heavy (non-hydrogen) atoms. The highest BCUT2D eigenvalue weighted by molar-refractivity contribution is 9.10. The Morgan fingerprint density at radius 1 is 1.56 bits per heavy atom. The van der Waals surface area contributed by atoms with Crippen LogP contribution in [-0.2, 0) is 7.05 Å². The van der Waals surface area contributed by atoms with Crippen LogP contribution < -0.4 is 5.32 Å². The highest BCUT2D eigenvalue weighted by Crippen LogP contribution is 2.22. The van der Waals surface area contributed by atoms with Crippen molar-refractivity contribution in [3.63, 3.8) is 0 Å². The van der Waals surface area contributed by atoms with Gasteiger partial charge in [-0.05, 0) is 27.9 Å². The number of thiazole rings is 1. The van der Waals surface area contributed by atoms with E-state index in [0.29, 0.717) is 16.7 Å². The number of rotatable bonds is 3. The summed E-state index contributed by atoms with van der Waals surface area (Å²) in [5.74, 6) is 0.226. The molecule has 2 rings (SSSR count). The second-order valence-corrected chi connectivity index (χ2v) is 6.11. The largest absolute Gasteiger partial charge is 0.345 e. The van der Waals surface area contributed by atoms with Gasteiger partial charge in [-0.25, -0.2) is 4.98 Å². The molecule has 0 aromatic carbocycles. The fourth-order valence-corrected chi connectivity index (χ4v) is 2.91. The predicted molar refractivity (Wildman–Crippen MR) is 77.3 cm³/mol. The normalized spacial score (nSPS) is 10.9. The number of hydrogen-bond donors (Lipinski definition) is 1. The molecular weight excluding hydrogens is 314 g/mol. The average Bonchev–Trinajstić information content (AvgIpc) is 2.85. The minimum Gasteiger partial charge on any atom is -0.345 e. The molecule has 6 heteroatoms. The van der Waals surface area contributed by atoms with Crippen molar-refractivity contribution in [2.45, 2.75) is 19.8 Å². The third-order valence-electron chi connectivity index (χ3n) is 2.54. The molecule has 1 N–H and O–H groups in total. The van der Waals surface area contributed by atoms with E-state index in [1.807, 2.05) is 18.6 Å². The molecule has 0 aliphatic carbocycles. The van der Waals surface area contributed by atoms with Crippen molar-refractivity contribution in [2.24, 2.45) is 7.05 Å². The van der Waals surface area contributed by atoms with Crippen LogP contribution in [0, 0.1) is 0 Å². The van der Waals surface area contributed by atoms with Gasteiger partial charge in [0.15, 0.2) is 5.13 Å². The van der Waals surface area contributed by atoms with Gasteiger partial charge in [-0.2, -0.15) is 0 Å². The van der Waals surface area contributed by atoms with Gasteiger partial charge >= 0.3 is 0 Å². The lowest BCUT2D eigenvalue weighted by Crippen LogP contribution is -2.15. The highest BCUT2D eigenvalue weighted by atomic mass is 79.9. The minimum absolute atomic E-state index is 0.146. The molecule has 0 radical (unpaired) electrons. The van der Waals surface area contributed by atoms with Crippen LogP contribution in [-0.4, -0.2) is 15.5 Å². The van der Waals surface area contributed by atoms with E-state index < -0.39 is 0 Å². The van der Waals surface area contributed by atoms with Crippen molar-refractivity contribution in [3.05, 3.63) is 33.5 Å². The van der Waals surface area contributed by atoms with Crippen LogP contribution in [0.1, 0.15) is 35.9 Å². The fraction of sp³-hybridized carbons (Fsp3) is 0.333. The summed E-state index contributed by atoms with van der Waals surface area (Å²) in [5.41, 5.74) is 1.60. The zero-order chi connectivity index (χ0) is 13.3. The van der Waals surface area contributed by atoms with Gasteiger partial charge in [-0.3, -0.25) is 10.1 Å². The number of anilines is 1. The van der Waals surface area contributed by atoms with Crippen molar-refractivity contribution in [2.75, 3.05) is 5.32 Å². The van der Waals surface area contributed by atoms with Gasteiger partial charge in [0.25, 0.3) is 5.91 Å². The van der Waals surface area contributed by atoms with Crippen molar-refractivity contribution in [1.82, 2.24) is 9.55 Å². The molecule has 0 fully saturated rings. The molecule has 96 valence electrons. The standard InChI is InChI=1S/C12H14BrN3OS/c1-7(2)9-6-18-12(14-9)15-11(17)10-4-8(13)5-16(10)3/h4-7H,1-3H3,(H,14,15,17). The first-order valence-corrected chi connectivity index (χ1v) is 7.23. The zero-order valence-electron chi connectivity index (χ0n) is 10.4. The minimum atomic E-state index is -0.146. The molecule has 2 aromatic rings. The SMILES string of the molecule is CC(C)c1csc(NC(=O)c2cc(Br)cn2C)n1. The maximum Gasteiger partial charge on any atom is 0.274 e. The lowest BCUT2D eigenvalue weighted by atomic mass is 10.2. The van der Waals surface area contributed by atoms with E-state index in [4.69, 9.17) is 0 Å². The maximum absolute atomic E-state index is 12.0. The summed E-state index contributed by atoms with van der Waals surface area (Å²) in [6.45, 7) is 4.16. The van der Waals surface area contributed by atoms with Gasteiger partial charge in [-0.15, -0.1) is 11.3 Å². The molecule has 2 aromatic heterocycles. The Balaban J connectivity index is 2.13. The predicted octanol–water partition coefficient (Wildman–Crippen LogP) is 3.62. The Morgan fingerprint density at radius 2 is 2.28 bits per heavy atom. The van der Waals surface area contributed by atoms with Gasteiger partial charge in [0, 0.05) is 23.1 Å². The number of nitrogens with one attached hydrogen (secondary N) is 1. The van der Waals surface area contributed by atoms with Crippen LogP contribution in [0.15, 0.2) is 22.1 Å². The number of halogens is 1. The van der Waals surface area contributed by atoms with Crippen molar-refractivity contribution in [1.29, 1.82) is 0 Å². The van der Waals surface area contributed by atoms with Crippen LogP contribution in [0.5, 0.6) is 0 Å². The number of aryl methyl sites for hydroxylation is 1. The molecule has 1 amide bonds.